The number of hydrogen-bond acceptors (Lipinski definition) is 9. The lowest BCUT2D eigenvalue weighted by Gasteiger charge is -2.33. The second kappa shape index (κ2) is 9.64. The molecule has 14 heteroatoms. The van der Waals surface area contributed by atoms with Crippen molar-refractivity contribution in [1.29, 1.82) is 0 Å². The molecular weight excluding hydrogens is 459 g/mol. The van der Waals surface area contributed by atoms with Gasteiger partial charge in [0, 0.05) is 20.0 Å². The van der Waals surface area contributed by atoms with Gasteiger partial charge in [-0.05, 0) is 41.5 Å². The maximum Gasteiger partial charge on any atom is 0.414 e. The second-order valence-corrected chi connectivity index (χ2v) is 8.60. The summed E-state index contributed by atoms with van der Waals surface area (Å²) < 4.78 is 23.7. The molecule has 1 N–H and O–H groups in total. The maximum atomic E-state index is 15.0. The SMILES string of the molecule is CC(=O)NC[C@H]1CN(c2ccc(N3CCC(n4cc(Cn5cnnn5)nn4)CC3)c(F)c2)C(=O)O1. The van der Waals surface area contributed by atoms with Crippen LogP contribution in [0.25, 0.3) is 0 Å². The first-order chi connectivity index (χ1) is 17.0. The van der Waals surface area contributed by atoms with Crippen LogP contribution in [0.3, 0.4) is 0 Å². The van der Waals surface area contributed by atoms with Crippen LogP contribution >= 0.6 is 0 Å². The van der Waals surface area contributed by atoms with Crippen molar-refractivity contribution in [3.8, 4) is 0 Å². The number of ether oxygens (including phenoxy) is 1. The van der Waals surface area contributed by atoms with Crippen LogP contribution in [0.2, 0.25) is 0 Å². The molecule has 4 heterocycles. The Hall–Kier alpha value is -4.10. The smallest absolute Gasteiger partial charge is 0.414 e. The fourth-order valence-electron chi connectivity index (χ4n) is 4.37. The third-order valence-corrected chi connectivity index (χ3v) is 6.15. The Labute approximate surface area is 199 Å². The Morgan fingerprint density at radius 2 is 2.09 bits per heavy atom. The Bertz CT molecular complexity index is 1190. The normalized spacial score (nSPS) is 18.7. The molecule has 0 spiro atoms. The summed E-state index contributed by atoms with van der Waals surface area (Å²) in [6, 6.07) is 4.93. The predicted octanol–water partition coefficient (Wildman–Crippen LogP) is 0.755. The van der Waals surface area contributed by atoms with Gasteiger partial charge in [-0.25, -0.2) is 18.5 Å². The molecule has 1 atom stereocenters. The summed E-state index contributed by atoms with van der Waals surface area (Å²) in [4.78, 5) is 26.7. The van der Waals surface area contributed by atoms with Gasteiger partial charge >= 0.3 is 6.09 Å². The lowest BCUT2D eigenvalue weighted by molar-refractivity contribution is -0.119. The highest BCUT2D eigenvalue weighted by Gasteiger charge is 2.33. The molecule has 35 heavy (non-hydrogen) atoms. The molecule has 2 saturated heterocycles. The van der Waals surface area contributed by atoms with Gasteiger partial charge in [0.05, 0.1) is 43.2 Å². The molecule has 0 aliphatic carbocycles. The number of rotatable bonds is 7. The largest absolute Gasteiger partial charge is 0.442 e. The van der Waals surface area contributed by atoms with Gasteiger partial charge in [-0.3, -0.25) is 9.69 Å². The van der Waals surface area contributed by atoms with Crippen LogP contribution in [-0.4, -0.2) is 79.5 Å². The molecule has 2 amide bonds. The molecule has 13 nitrogen and oxygen atoms in total. The molecule has 5 rings (SSSR count). The lowest BCUT2D eigenvalue weighted by Crippen LogP contribution is -2.35. The summed E-state index contributed by atoms with van der Waals surface area (Å²) in [5.41, 5.74) is 1.68. The Morgan fingerprint density at radius 3 is 2.80 bits per heavy atom. The lowest BCUT2D eigenvalue weighted by atomic mass is 10.0. The van der Waals surface area contributed by atoms with Crippen LogP contribution < -0.4 is 15.1 Å². The van der Waals surface area contributed by atoms with E-state index in [0.717, 1.165) is 18.5 Å². The van der Waals surface area contributed by atoms with E-state index in [1.807, 2.05) is 15.8 Å². The number of tetrazole rings is 1. The van der Waals surface area contributed by atoms with E-state index < -0.39 is 18.0 Å². The number of nitrogens with zero attached hydrogens (tertiary/aromatic N) is 9. The van der Waals surface area contributed by atoms with Crippen LogP contribution in [0.5, 0.6) is 0 Å². The van der Waals surface area contributed by atoms with Gasteiger partial charge in [-0.15, -0.1) is 10.2 Å². The number of cyclic esters (lactones) is 1. The van der Waals surface area contributed by atoms with E-state index in [2.05, 4.69) is 31.2 Å². The third kappa shape index (κ3) is 5.05. The van der Waals surface area contributed by atoms with Crippen LogP contribution in [0.4, 0.5) is 20.6 Å². The highest BCUT2D eigenvalue weighted by Crippen LogP contribution is 2.31. The van der Waals surface area contributed by atoms with Crippen molar-refractivity contribution >= 4 is 23.4 Å². The first-order valence-corrected chi connectivity index (χ1v) is 11.3. The Balaban J connectivity index is 1.18. The zero-order valence-corrected chi connectivity index (χ0v) is 19.1. The van der Waals surface area contributed by atoms with E-state index in [1.54, 1.807) is 16.8 Å². The zero-order chi connectivity index (χ0) is 24.4. The van der Waals surface area contributed by atoms with Crippen LogP contribution in [0.1, 0.15) is 31.5 Å². The number of piperidine rings is 1. The zero-order valence-electron chi connectivity index (χ0n) is 19.1. The Kier molecular flexibility index (Phi) is 6.25. The number of hydrogen-bond donors (Lipinski definition) is 1. The molecule has 1 aromatic carbocycles. The van der Waals surface area contributed by atoms with Gasteiger partial charge in [0.2, 0.25) is 5.91 Å². The molecular formula is C21H25FN10O3. The van der Waals surface area contributed by atoms with Crippen LogP contribution in [-0.2, 0) is 16.1 Å². The van der Waals surface area contributed by atoms with E-state index in [0.29, 0.717) is 31.0 Å². The van der Waals surface area contributed by atoms with Gasteiger partial charge in [0.15, 0.2) is 0 Å². The number of carbonyl (C=O) groups is 2. The summed E-state index contributed by atoms with van der Waals surface area (Å²) >= 11 is 0. The minimum Gasteiger partial charge on any atom is -0.442 e. The topological polar surface area (TPSA) is 136 Å². The molecule has 2 aromatic heterocycles. The maximum absolute atomic E-state index is 15.0. The molecule has 184 valence electrons. The second-order valence-electron chi connectivity index (χ2n) is 8.60. The van der Waals surface area contributed by atoms with Gasteiger partial charge < -0.3 is 15.0 Å². The van der Waals surface area contributed by atoms with E-state index in [-0.39, 0.29) is 25.0 Å². The van der Waals surface area contributed by atoms with Crippen molar-refractivity contribution in [3.63, 3.8) is 0 Å². The summed E-state index contributed by atoms with van der Waals surface area (Å²) in [5.74, 6) is -0.601. The number of benzene rings is 1. The minimum atomic E-state index is -0.555. The minimum absolute atomic E-state index is 0.170. The highest BCUT2D eigenvalue weighted by molar-refractivity contribution is 5.90. The van der Waals surface area contributed by atoms with Crippen molar-refractivity contribution in [1.82, 2.24) is 40.5 Å². The van der Waals surface area contributed by atoms with Crippen molar-refractivity contribution in [2.24, 2.45) is 0 Å². The molecule has 2 aliphatic heterocycles. The van der Waals surface area contributed by atoms with Crippen LogP contribution in [0.15, 0.2) is 30.7 Å². The molecule has 3 aromatic rings. The van der Waals surface area contributed by atoms with Crippen LogP contribution in [0, 0.1) is 5.82 Å². The van der Waals surface area contributed by atoms with E-state index in [1.165, 1.54) is 24.2 Å². The fraction of sp³-hybridized carbons (Fsp3) is 0.476. The molecule has 0 bridgehead atoms. The molecule has 0 radical (unpaired) electrons. The quantitative estimate of drug-likeness (QED) is 0.515. The van der Waals surface area contributed by atoms with E-state index >= 15 is 4.39 Å². The average molecular weight is 484 g/mol. The molecule has 0 saturated carbocycles. The first kappa shape index (κ1) is 22.7. The predicted molar refractivity (Wildman–Crippen MR) is 120 cm³/mol. The van der Waals surface area contributed by atoms with Gasteiger partial charge in [-0.1, -0.05) is 5.21 Å². The molecule has 2 aliphatic rings. The first-order valence-electron chi connectivity index (χ1n) is 11.3. The third-order valence-electron chi connectivity index (χ3n) is 6.15. The van der Waals surface area contributed by atoms with E-state index in [4.69, 9.17) is 4.74 Å². The van der Waals surface area contributed by atoms with Crippen molar-refractivity contribution in [3.05, 3.63) is 42.2 Å². The summed E-state index contributed by atoms with van der Waals surface area (Å²) in [6.07, 6.45) is 3.97. The highest BCUT2D eigenvalue weighted by atomic mass is 19.1. The number of halogens is 1. The number of aromatic nitrogens is 7. The standard InChI is InChI=1S/C21H25FN10O3/c1-14(33)23-9-18-12-31(21(34)35-18)17-2-3-20(19(22)8-17)29-6-4-16(5-7-29)32-11-15(25-27-32)10-30-13-24-26-28-30/h2-3,8,11,13,16,18H,4-7,9-10,12H2,1H3,(H,23,33)/t18-/m0/s1. The van der Waals surface area contributed by atoms with Gasteiger partial charge in [0.1, 0.15) is 23.9 Å². The van der Waals surface area contributed by atoms with Crippen molar-refractivity contribution in [2.75, 3.05) is 36.0 Å². The monoisotopic (exact) mass is 484 g/mol. The fourth-order valence-corrected chi connectivity index (χ4v) is 4.37. The average Bonchev–Trinajstić information content (AvgIpc) is 3.60. The number of carbonyl (C=O) groups excluding carboxylic acids is 2. The number of anilines is 2. The summed E-state index contributed by atoms with van der Waals surface area (Å²) in [5, 5.41) is 22.1. The van der Waals surface area contributed by atoms with Gasteiger partial charge in [-0.2, -0.15) is 0 Å². The van der Waals surface area contributed by atoms with Gasteiger partial charge in [0.25, 0.3) is 0 Å². The summed E-state index contributed by atoms with van der Waals surface area (Å²) in [7, 11) is 0. The van der Waals surface area contributed by atoms with Crippen molar-refractivity contribution in [2.45, 2.75) is 38.5 Å². The number of nitrogens with one attached hydrogen (secondary N) is 1. The van der Waals surface area contributed by atoms with E-state index in [9.17, 15) is 9.59 Å². The Morgan fingerprint density at radius 1 is 1.26 bits per heavy atom. The van der Waals surface area contributed by atoms with Crippen molar-refractivity contribution < 1.29 is 18.7 Å². The molecule has 2 fully saturated rings. The molecule has 0 unspecified atom stereocenters. The summed E-state index contributed by atoms with van der Waals surface area (Å²) in [6.45, 7) is 3.63. The number of amides is 2.